The van der Waals surface area contributed by atoms with Gasteiger partial charge in [-0.1, -0.05) is 71.2 Å². The normalized spacial score (nSPS) is 10.9. The zero-order valence-corrected chi connectivity index (χ0v) is 17.7. The van der Waals surface area contributed by atoms with Crippen LogP contribution in [-0.2, 0) is 11.4 Å². The number of anilines is 1. The summed E-state index contributed by atoms with van der Waals surface area (Å²) in [5.74, 6) is 0.0264. The van der Waals surface area contributed by atoms with Crippen LogP contribution >= 0.6 is 23.2 Å². The largest absolute Gasteiger partial charge is 0.488 e. The molecule has 1 amide bonds. The second-order valence-corrected chi connectivity index (χ2v) is 7.38. The molecule has 1 N–H and O–H groups in total. The van der Waals surface area contributed by atoms with Crippen LogP contribution in [0.5, 0.6) is 5.75 Å². The monoisotopic (exact) mass is 436 g/mol. The van der Waals surface area contributed by atoms with Gasteiger partial charge in [-0.25, -0.2) is 0 Å². The first-order chi connectivity index (χ1) is 14.5. The van der Waals surface area contributed by atoms with E-state index in [0.717, 1.165) is 11.1 Å². The Balaban J connectivity index is 1.79. The van der Waals surface area contributed by atoms with Crippen molar-refractivity contribution >= 4 is 40.9 Å². The van der Waals surface area contributed by atoms with Crippen LogP contribution in [0.3, 0.4) is 0 Å². The van der Waals surface area contributed by atoms with Gasteiger partial charge in [0.1, 0.15) is 24.0 Å². The van der Waals surface area contributed by atoms with Crippen LogP contribution in [0.15, 0.2) is 72.3 Å². The minimum Gasteiger partial charge on any atom is -0.488 e. The van der Waals surface area contributed by atoms with Crippen LogP contribution < -0.4 is 10.1 Å². The number of para-hydroxylation sites is 1. The van der Waals surface area contributed by atoms with E-state index >= 15 is 0 Å². The van der Waals surface area contributed by atoms with E-state index in [-0.39, 0.29) is 5.57 Å². The molecule has 6 heteroatoms. The Bertz CT molecular complexity index is 1150. The summed E-state index contributed by atoms with van der Waals surface area (Å²) in [5.41, 5.74) is 3.19. The number of rotatable bonds is 6. The quantitative estimate of drug-likeness (QED) is 0.357. The van der Waals surface area contributed by atoms with E-state index in [1.54, 1.807) is 24.3 Å². The first kappa shape index (κ1) is 21.4. The lowest BCUT2D eigenvalue weighted by Gasteiger charge is -2.10. The minimum absolute atomic E-state index is 0.0623. The molecular formula is C24H18Cl2N2O2. The summed E-state index contributed by atoms with van der Waals surface area (Å²) in [4.78, 5) is 12.6. The molecule has 3 aromatic carbocycles. The van der Waals surface area contributed by atoms with E-state index in [1.165, 1.54) is 12.1 Å². The second kappa shape index (κ2) is 9.98. The number of carbonyl (C=O) groups is 1. The van der Waals surface area contributed by atoms with Crippen molar-refractivity contribution in [3.8, 4) is 11.8 Å². The number of ether oxygens (including phenoxy) is 1. The highest BCUT2D eigenvalue weighted by Crippen LogP contribution is 2.26. The molecule has 0 heterocycles. The van der Waals surface area contributed by atoms with Crippen LogP contribution in [-0.4, -0.2) is 5.91 Å². The van der Waals surface area contributed by atoms with Crippen molar-refractivity contribution in [3.63, 3.8) is 0 Å². The average molecular weight is 437 g/mol. The SMILES string of the molecule is Cc1cccc(COc2ccccc2/C=C(\C#N)C(=O)Nc2ccc(Cl)c(Cl)c2)c1. The Morgan fingerprint density at radius 1 is 1.07 bits per heavy atom. The van der Waals surface area contributed by atoms with Crippen LogP contribution in [0.2, 0.25) is 10.0 Å². The molecule has 4 nitrogen and oxygen atoms in total. The molecule has 30 heavy (non-hydrogen) atoms. The Morgan fingerprint density at radius 2 is 1.87 bits per heavy atom. The van der Waals surface area contributed by atoms with E-state index in [0.29, 0.717) is 33.7 Å². The van der Waals surface area contributed by atoms with Crippen molar-refractivity contribution in [2.24, 2.45) is 0 Å². The molecule has 0 aliphatic carbocycles. The van der Waals surface area contributed by atoms with Gasteiger partial charge in [0.15, 0.2) is 0 Å². The van der Waals surface area contributed by atoms with Gasteiger partial charge in [0, 0.05) is 11.3 Å². The number of benzene rings is 3. The fourth-order valence-corrected chi connectivity index (χ4v) is 3.07. The molecule has 0 fully saturated rings. The highest BCUT2D eigenvalue weighted by Gasteiger charge is 2.12. The summed E-state index contributed by atoms with van der Waals surface area (Å²) < 4.78 is 5.93. The number of halogens is 2. The van der Waals surface area contributed by atoms with E-state index in [2.05, 4.69) is 5.32 Å². The number of nitrogens with zero attached hydrogens (tertiary/aromatic N) is 1. The predicted octanol–water partition coefficient (Wildman–Crippen LogP) is 6.43. The molecule has 0 saturated heterocycles. The van der Waals surface area contributed by atoms with Crippen LogP contribution in [0.25, 0.3) is 6.08 Å². The van der Waals surface area contributed by atoms with Gasteiger partial charge in [0.25, 0.3) is 5.91 Å². The number of hydrogen-bond acceptors (Lipinski definition) is 3. The fourth-order valence-electron chi connectivity index (χ4n) is 2.77. The molecule has 0 aliphatic heterocycles. The smallest absolute Gasteiger partial charge is 0.266 e. The minimum atomic E-state index is -0.552. The average Bonchev–Trinajstić information content (AvgIpc) is 2.74. The third-order valence-corrected chi connectivity index (χ3v) is 4.98. The molecule has 3 rings (SSSR count). The van der Waals surface area contributed by atoms with Crippen molar-refractivity contribution in [2.45, 2.75) is 13.5 Å². The molecule has 0 aromatic heterocycles. The Labute approximate surface area is 185 Å². The number of nitriles is 1. The standard InChI is InChI=1S/C24H18Cl2N2O2/c1-16-5-4-6-17(11-16)15-30-23-8-3-2-7-18(23)12-19(14-27)24(29)28-20-9-10-21(25)22(26)13-20/h2-13H,15H2,1H3,(H,28,29)/b19-12+. The maximum absolute atomic E-state index is 12.6. The van der Waals surface area contributed by atoms with Crippen LogP contribution in [0.1, 0.15) is 16.7 Å². The predicted molar refractivity (Wildman–Crippen MR) is 121 cm³/mol. The third-order valence-electron chi connectivity index (χ3n) is 4.24. The van der Waals surface area contributed by atoms with Gasteiger partial charge in [0.05, 0.1) is 10.0 Å². The first-order valence-electron chi connectivity index (χ1n) is 9.12. The van der Waals surface area contributed by atoms with Gasteiger partial charge in [-0.3, -0.25) is 4.79 Å². The molecule has 0 aliphatic rings. The number of amides is 1. The van der Waals surface area contributed by atoms with Crippen LogP contribution in [0, 0.1) is 18.3 Å². The van der Waals surface area contributed by atoms with Gasteiger partial charge in [-0.2, -0.15) is 5.26 Å². The summed E-state index contributed by atoms with van der Waals surface area (Å²) in [6.45, 7) is 2.40. The molecule has 0 radical (unpaired) electrons. The topological polar surface area (TPSA) is 62.1 Å². The summed E-state index contributed by atoms with van der Waals surface area (Å²) in [5, 5.41) is 12.8. The highest BCUT2D eigenvalue weighted by atomic mass is 35.5. The first-order valence-corrected chi connectivity index (χ1v) is 9.87. The maximum Gasteiger partial charge on any atom is 0.266 e. The van der Waals surface area contributed by atoms with Crippen molar-refractivity contribution in [1.29, 1.82) is 5.26 Å². The number of hydrogen-bond donors (Lipinski definition) is 1. The summed E-state index contributed by atoms with van der Waals surface area (Å²) in [7, 11) is 0. The zero-order valence-electron chi connectivity index (χ0n) is 16.2. The highest BCUT2D eigenvalue weighted by molar-refractivity contribution is 6.42. The van der Waals surface area contributed by atoms with Crippen molar-refractivity contribution in [3.05, 3.63) is 99.0 Å². The molecule has 0 atom stereocenters. The summed E-state index contributed by atoms with van der Waals surface area (Å²) >= 11 is 11.9. The number of aryl methyl sites for hydroxylation is 1. The van der Waals surface area contributed by atoms with Crippen molar-refractivity contribution in [2.75, 3.05) is 5.32 Å². The molecule has 0 unspecified atom stereocenters. The van der Waals surface area contributed by atoms with Crippen molar-refractivity contribution in [1.82, 2.24) is 0 Å². The molecule has 3 aromatic rings. The molecule has 0 saturated carbocycles. The van der Waals surface area contributed by atoms with Gasteiger partial charge in [-0.15, -0.1) is 0 Å². The molecule has 0 bridgehead atoms. The molecular weight excluding hydrogens is 419 g/mol. The summed E-state index contributed by atoms with van der Waals surface area (Å²) in [6, 6.07) is 21.9. The van der Waals surface area contributed by atoms with E-state index in [4.69, 9.17) is 27.9 Å². The Hall–Kier alpha value is -3.26. The number of carbonyl (C=O) groups excluding carboxylic acids is 1. The Morgan fingerprint density at radius 3 is 2.60 bits per heavy atom. The molecule has 150 valence electrons. The Kier molecular flexibility index (Phi) is 7.13. The van der Waals surface area contributed by atoms with E-state index in [9.17, 15) is 10.1 Å². The van der Waals surface area contributed by atoms with Gasteiger partial charge < -0.3 is 10.1 Å². The van der Waals surface area contributed by atoms with Crippen molar-refractivity contribution < 1.29 is 9.53 Å². The zero-order chi connectivity index (χ0) is 21.5. The van der Waals surface area contributed by atoms with Gasteiger partial charge >= 0.3 is 0 Å². The summed E-state index contributed by atoms with van der Waals surface area (Å²) in [6.07, 6.45) is 1.50. The fraction of sp³-hybridized carbons (Fsp3) is 0.0833. The maximum atomic E-state index is 12.6. The van der Waals surface area contributed by atoms with E-state index < -0.39 is 5.91 Å². The van der Waals surface area contributed by atoms with Gasteiger partial charge in [-0.05, 0) is 42.8 Å². The van der Waals surface area contributed by atoms with E-state index in [1.807, 2.05) is 49.4 Å². The molecule has 0 spiro atoms. The van der Waals surface area contributed by atoms with Gasteiger partial charge in [0.2, 0.25) is 0 Å². The third kappa shape index (κ3) is 5.64. The number of nitrogens with one attached hydrogen (secondary N) is 1. The van der Waals surface area contributed by atoms with Crippen LogP contribution in [0.4, 0.5) is 5.69 Å². The lowest BCUT2D eigenvalue weighted by atomic mass is 10.1. The lowest BCUT2D eigenvalue weighted by molar-refractivity contribution is -0.112. The second-order valence-electron chi connectivity index (χ2n) is 6.57. The lowest BCUT2D eigenvalue weighted by Crippen LogP contribution is -2.13.